The van der Waals surface area contributed by atoms with Gasteiger partial charge in [0.1, 0.15) is 17.7 Å². The Bertz CT molecular complexity index is 2050. The molecule has 57 heavy (non-hydrogen) atoms. The van der Waals surface area contributed by atoms with Gasteiger partial charge in [-0.2, -0.15) is 13.2 Å². The molecule has 0 spiro atoms. The Morgan fingerprint density at radius 2 is 1.77 bits per heavy atom. The molecule has 2 aliphatic heterocycles. The van der Waals surface area contributed by atoms with E-state index in [0.717, 1.165) is 0 Å². The van der Waals surface area contributed by atoms with Gasteiger partial charge in [-0.15, -0.1) is 0 Å². The zero-order valence-corrected chi connectivity index (χ0v) is 33.4. The van der Waals surface area contributed by atoms with Crippen molar-refractivity contribution in [1.29, 1.82) is 0 Å². The van der Waals surface area contributed by atoms with E-state index in [9.17, 15) is 45.2 Å². The number of ketones is 1. The summed E-state index contributed by atoms with van der Waals surface area (Å²) in [6.45, 7) is 4.89. The molecule has 2 aromatic rings. The van der Waals surface area contributed by atoms with Gasteiger partial charge in [0.15, 0.2) is 5.78 Å². The molecule has 6 rings (SSSR count). The van der Waals surface area contributed by atoms with E-state index in [4.69, 9.17) is 14.2 Å². The number of carbonyl (C=O) groups is 4. The van der Waals surface area contributed by atoms with Gasteiger partial charge in [-0.1, -0.05) is 32.4 Å². The number of hydrogen-bond donors (Lipinski definition) is 1. The minimum absolute atomic E-state index is 0.00144. The normalized spacial score (nSPS) is 29.4. The van der Waals surface area contributed by atoms with Gasteiger partial charge in [-0.05, 0) is 81.9 Å². The summed E-state index contributed by atoms with van der Waals surface area (Å²) in [7, 11) is -2.54. The maximum absolute atomic E-state index is 14.7. The summed E-state index contributed by atoms with van der Waals surface area (Å²) in [5, 5.41) is 0.0505. The summed E-state index contributed by atoms with van der Waals surface area (Å²) >= 11 is 0. The number of allylic oxidation sites excluding steroid dienone is 2. The van der Waals surface area contributed by atoms with Gasteiger partial charge in [0, 0.05) is 18.2 Å². The number of halogens is 4. The smallest absolute Gasteiger partial charge is 0.427 e. The number of methoxy groups -OCH3 is 1. The number of alkyl halides is 3. The van der Waals surface area contributed by atoms with Crippen LogP contribution in [0.3, 0.4) is 0 Å². The van der Waals surface area contributed by atoms with E-state index in [0.29, 0.717) is 57.1 Å². The molecule has 1 saturated heterocycles. The second kappa shape index (κ2) is 15.8. The van der Waals surface area contributed by atoms with Crippen molar-refractivity contribution < 1.29 is 59.4 Å². The Morgan fingerprint density at radius 1 is 1.05 bits per heavy atom. The molecule has 2 amide bonds. The second-order valence-electron chi connectivity index (χ2n) is 16.7. The third-order valence-corrected chi connectivity index (χ3v) is 13.7. The predicted molar refractivity (Wildman–Crippen MR) is 199 cm³/mol. The monoisotopic (exact) mass is 823 g/mol. The maximum atomic E-state index is 14.7. The van der Waals surface area contributed by atoms with Crippen molar-refractivity contribution in [3.05, 3.63) is 42.4 Å². The number of pyridine rings is 1. The molecule has 7 atom stereocenters. The van der Waals surface area contributed by atoms with E-state index < -0.39 is 105 Å². The topological polar surface area (TPSA) is 158 Å². The van der Waals surface area contributed by atoms with Crippen molar-refractivity contribution in [3.63, 3.8) is 0 Å². The number of carbonyl (C=O) groups excluding carboxylic acids is 4. The fourth-order valence-electron chi connectivity index (χ4n) is 7.95. The Morgan fingerprint density at radius 3 is 2.44 bits per heavy atom. The van der Waals surface area contributed by atoms with Crippen LogP contribution in [-0.4, -0.2) is 84.7 Å². The molecule has 1 aromatic carbocycles. The SMILES string of the molecule is COc1cnc(O[C@@H]2C[C@H]3C(=O)C[C@]4(C(=O)NS(=O)(=O)C5CC5)C[C@H]4/C=C\[C@H](C)CCC[C@@H](C)[C@H](CC(=O)OC(C)(C)C(F)(F)F)C(=O)N3C2)c2cc(F)ccc12. The minimum atomic E-state index is -4.88. The predicted octanol–water partition coefficient (Wildman–Crippen LogP) is 6.21. The fraction of sp³-hybridized carbons (Fsp3) is 0.625. The van der Waals surface area contributed by atoms with E-state index in [-0.39, 0.29) is 36.6 Å². The average molecular weight is 824 g/mol. The molecule has 0 radical (unpaired) electrons. The van der Waals surface area contributed by atoms with Gasteiger partial charge in [0.05, 0.1) is 54.3 Å². The van der Waals surface area contributed by atoms with Gasteiger partial charge in [0.25, 0.3) is 0 Å². The van der Waals surface area contributed by atoms with Crippen LogP contribution in [0.4, 0.5) is 17.6 Å². The van der Waals surface area contributed by atoms with E-state index in [1.807, 2.05) is 19.1 Å². The van der Waals surface area contributed by atoms with Crippen LogP contribution in [0.1, 0.15) is 85.5 Å². The molecule has 1 N–H and O–H groups in total. The average Bonchev–Trinajstić information content (AvgIpc) is 4.05. The molecule has 3 fully saturated rings. The number of rotatable bonds is 9. The van der Waals surface area contributed by atoms with Crippen LogP contribution in [0.25, 0.3) is 10.8 Å². The largest absolute Gasteiger partial charge is 0.494 e. The van der Waals surface area contributed by atoms with Crippen molar-refractivity contribution in [2.75, 3.05) is 13.7 Å². The number of aromatic nitrogens is 1. The molecule has 312 valence electrons. The summed E-state index contributed by atoms with van der Waals surface area (Å²) in [5.41, 5.74) is -4.24. The Balaban J connectivity index is 1.36. The van der Waals surface area contributed by atoms with Gasteiger partial charge in [-0.25, -0.2) is 17.8 Å². The van der Waals surface area contributed by atoms with E-state index in [1.54, 1.807) is 6.92 Å². The van der Waals surface area contributed by atoms with Crippen LogP contribution in [0, 0.1) is 34.9 Å². The lowest BCUT2D eigenvalue weighted by Gasteiger charge is -2.32. The van der Waals surface area contributed by atoms with Crippen molar-refractivity contribution in [3.8, 4) is 11.6 Å². The highest BCUT2D eigenvalue weighted by Gasteiger charge is 2.62. The van der Waals surface area contributed by atoms with Crippen LogP contribution in [0.15, 0.2) is 36.5 Å². The summed E-state index contributed by atoms with van der Waals surface area (Å²) in [4.78, 5) is 61.9. The zero-order chi connectivity index (χ0) is 41.7. The van der Waals surface area contributed by atoms with Crippen molar-refractivity contribution >= 4 is 44.4 Å². The molecule has 3 heterocycles. The lowest BCUT2D eigenvalue weighted by Crippen LogP contribution is -2.48. The van der Waals surface area contributed by atoms with Gasteiger partial charge < -0.3 is 19.1 Å². The highest BCUT2D eigenvalue weighted by atomic mass is 32.2. The first-order valence-corrected chi connectivity index (χ1v) is 20.9. The number of nitrogens with zero attached hydrogens (tertiary/aromatic N) is 2. The molecule has 2 saturated carbocycles. The highest BCUT2D eigenvalue weighted by Crippen LogP contribution is 2.57. The summed E-state index contributed by atoms with van der Waals surface area (Å²) in [6, 6.07) is 2.70. The Hall–Kier alpha value is -4.28. The zero-order valence-electron chi connectivity index (χ0n) is 32.6. The number of fused-ring (bicyclic) bond motifs is 3. The lowest BCUT2D eigenvalue weighted by molar-refractivity contribution is -0.257. The second-order valence-corrected chi connectivity index (χ2v) is 18.6. The minimum Gasteiger partial charge on any atom is -0.494 e. The number of nitrogens with one attached hydrogen (secondary N) is 1. The van der Waals surface area contributed by atoms with E-state index in [2.05, 4.69) is 9.71 Å². The first-order valence-electron chi connectivity index (χ1n) is 19.3. The molecule has 1 aromatic heterocycles. The quantitative estimate of drug-likeness (QED) is 0.175. The first kappa shape index (κ1) is 42.3. The lowest BCUT2D eigenvalue weighted by atomic mass is 9.84. The van der Waals surface area contributed by atoms with Crippen LogP contribution < -0.4 is 14.2 Å². The maximum Gasteiger partial charge on any atom is 0.427 e. The molecule has 2 aliphatic carbocycles. The van der Waals surface area contributed by atoms with Crippen molar-refractivity contribution in [2.24, 2.45) is 29.1 Å². The van der Waals surface area contributed by atoms with Gasteiger partial charge in [-0.3, -0.25) is 23.9 Å². The van der Waals surface area contributed by atoms with Crippen LogP contribution in [-0.2, 0) is 33.9 Å². The molecular weight excluding hydrogens is 775 g/mol. The van der Waals surface area contributed by atoms with Crippen LogP contribution in [0.5, 0.6) is 11.6 Å². The summed E-state index contributed by atoms with van der Waals surface area (Å²) in [6.07, 6.45) is 0.777. The van der Waals surface area contributed by atoms with Crippen LogP contribution in [0.2, 0.25) is 0 Å². The number of amides is 2. The first-order chi connectivity index (χ1) is 26.7. The molecule has 4 aliphatic rings. The Labute approximate surface area is 329 Å². The Kier molecular flexibility index (Phi) is 11.7. The summed E-state index contributed by atoms with van der Waals surface area (Å²) in [5.74, 6) is -5.72. The number of Topliss-reactive ketones (excluding diaryl/α,β-unsaturated/α-hetero) is 1. The summed E-state index contributed by atoms with van der Waals surface area (Å²) < 4.78 is 100. The number of hydrogen-bond acceptors (Lipinski definition) is 10. The van der Waals surface area contributed by atoms with E-state index >= 15 is 0 Å². The fourth-order valence-corrected chi connectivity index (χ4v) is 9.34. The molecule has 12 nitrogen and oxygen atoms in total. The molecule has 0 bridgehead atoms. The molecular formula is C40H49F4N3O9S. The molecule has 0 unspecified atom stereocenters. The van der Waals surface area contributed by atoms with Gasteiger partial charge in [0.2, 0.25) is 33.3 Å². The van der Waals surface area contributed by atoms with Crippen LogP contribution >= 0.6 is 0 Å². The highest BCUT2D eigenvalue weighted by molar-refractivity contribution is 7.90. The van der Waals surface area contributed by atoms with Crippen molar-refractivity contribution in [2.45, 2.75) is 115 Å². The third-order valence-electron chi connectivity index (χ3n) is 11.9. The molecule has 17 heteroatoms. The number of benzene rings is 1. The van der Waals surface area contributed by atoms with Gasteiger partial charge >= 0.3 is 12.1 Å². The number of sulfonamides is 1. The van der Waals surface area contributed by atoms with E-state index in [1.165, 1.54) is 36.4 Å². The number of ether oxygens (including phenoxy) is 3. The number of esters is 1. The standard InChI is InChI=1S/C40H49F4N3O9S/c1-22-7-6-8-23(2)29(17-34(49)56-38(3,4)40(42,43)44)36(50)47-21-26(55-35-30-15-25(41)11-14-28(30)33(54-5)20-45-35)16-31(47)32(48)19-39(18-24(39)10-9-22)37(51)46-57(52,53)27-12-13-27/h9-11,14-15,20,22-24,26-27,29,31H,6-8,12-13,16-19,21H2,1-5H3,(H,46,51)/b10-9-/t22-,23-,24-,26-,29+,31+,39-/m1/s1. The third kappa shape index (κ3) is 9.07. The van der Waals surface area contributed by atoms with Crippen molar-refractivity contribution in [1.82, 2.24) is 14.6 Å².